The van der Waals surface area contributed by atoms with E-state index in [0.717, 1.165) is 30.6 Å². The van der Waals surface area contributed by atoms with Gasteiger partial charge in [-0.3, -0.25) is 4.79 Å². The number of hydrogen-bond donors (Lipinski definition) is 0. The molecule has 0 amide bonds. The van der Waals surface area contributed by atoms with E-state index in [1.807, 2.05) is 0 Å². The summed E-state index contributed by atoms with van der Waals surface area (Å²) >= 11 is 0. The second-order valence-corrected chi connectivity index (χ2v) is 7.57. The molecule has 0 saturated heterocycles. The lowest BCUT2D eigenvalue weighted by Gasteiger charge is -2.24. The molecular formula is C21H25N5O2. The average molecular weight is 379 g/mol. The number of methoxy groups -OCH3 is 1. The van der Waals surface area contributed by atoms with Crippen LogP contribution in [0.3, 0.4) is 0 Å². The van der Waals surface area contributed by atoms with Crippen LogP contribution in [0.5, 0.6) is 0 Å². The van der Waals surface area contributed by atoms with E-state index in [1.54, 1.807) is 17.2 Å². The fourth-order valence-electron chi connectivity index (χ4n) is 3.38. The second-order valence-electron chi connectivity index (χ2n) is 7.57. The van der Waals surface area contributed by atoms with Crippen LogP contribution < -0.4 is 4.90 Å². The highest BCUT2D eigenvalue weighted by atomic mass is 16.5. The lowest BCUT2D eigenvalue weighted by Crippen LogP contribution is -2.26. The zero-order valence-corrected chi connectivity index (χ0v) is 16.5. The van der Waals surface area contributed by atoms with Gasteiger partial charge >= 0.3 is 5.97 Å². The Kier molecular flexibility index (Phi) is 4.98. The largest absolute Gasteiger partial charge is 0.468 e. The molecule has 2 aromatic heterocycles. The molecule has 4 rings (SSSR count). The van der Waals surface area contributed by atoms with E-state index in [0.29, 0.717) is 17.6 Å². The van der Waals surface area contributed by atoms with Crippen molar-refractivity contribution < 1.29 is 9.53 Å². The van der Waals surface area contributed by atoms with Crippen LogP contribution in [0.4, 0.5) is 5.82 Å². The third-order valence-corrected chi connectivity index (χ3v) is 5.18. The van der Waals surface area contributed by atoms with Crippen molar-refractivity contribution in [3.63, 3.8) is 0 Å². The summed E-state index contributed by atoms with van der Waals surface area (Å²) in [7, 11) is 1.37. The van der Waals surface area contributed by atoms with Crippen molar-refractivity contribution in [2.24, 2.45) is 0 Å². The minimum Gasteiger partial charge on any atom is -0.468 e. The first-order valence-electron chi connectivity index (χ1n) is 9.65. The summed E-state index contributed by atoms with van der Waals surface area (Å²) in [5, 5.41) is 5.19. The van der Waals surface area contributed by atoms with Gasteiger partial charge in [-0.25, -0.2) is 14.6 Å². The minimum atomic E-state index is -0.352. The van der Waals surface area contributed by atoms with Crippen molar-refractivity contribution in [2.75, 3.05) is 12.0 Å². The molecule has 7 nitrogen and oxygen atoms in total. The summed E-state index contributed by atoms with van der Waals surface area (Å²) in [5.41, 5.74) is 3.25. The van der Waals surface area contributed by atoms with Crippen LogP contribution in [0.25, 0.3) is 11.0 Å². The molecule has 0 unspecified atom stereocenters. The molecule has 1 aliphatic carbocycles. The molecule has 1 saturated carbocycles. The predicted octanol–water partition coefficient (Wildman–Crippen LogP) is 3.29. The van der Waals surface area contributed by atoms with E-state index < -0.39 is 0 Å². The van der Waals surface area contributed by atoms with E-state index in [9.17, 15) is 4.79 Å². The van der Waals surface area contributed by atoms with E-state index in [1.165, 1.54) is 18.2 Å². The summed E-state index contributed by atoms with van der Waals surface area (Å²) in [5.74, 6) is 1.04. The fraction of sp³-hybridized carbons (Fsp3) is 0.429. The van der Waals surface area contributed by atoms with Gasteiger partial charge in [0.2, 0.25) is 0 Å². The van der Waals surface area contributed by atoms with Gasteiger partial charge in [-0.2, -0.15) is 5.10 Å². The van der Waals surface area contributed by atoms with Gasteiger partial charge in [-0.15, -0.1) is 0 Å². The van der Waals surface area contributed by atoms with Crippen molar-refractivity contribution in [1.82, 2.24) is 19.7 Å². The van der Waals surface area contributed by atoms with Gasteiger partial charge in [0.05, 0.1) is 18.7 Å². The Morgan fingerprint density at radius 1 is 1.25 bits per heavy atom. The molecule has 3 aromatic rings. The number of ether oxygens (including phenoxy) is 1. The highest BCUT2D eigenvalue weighted by Gasteiger charge is 2.31. The number of fused-ring (bicyclic) bond motifs is 1. The summed E-state index contributed by atoms with van der Waals surface area (Å²) in [6.07, 6.45) is 5.60. The summed E-state index contributed by atoms with van der Waals surface area (Å²) in [6.45, 7) is 5.23. The Balaban J connectivity index is 1.64. The fourth-order valence-corrected chi connectivity index (χ4v) is 3.38. The molecule has 0 atom stereocenters. The maximum atomic E-state index is 11.6. The van der Waals surface area contributed by atoms with Gasteiger partial charge in [0.15, 0.2) is 5.65 Å². The maximum Gasteiger partial charge on any atom is 0.327 e. The number of carbonyl (C=O) groups excluding carboxylic acids is 1. The SMILES string of the molecule is COC(=O)Cn1ncc2c(N(Cc3ccc(C(C)C)cc3)C3CC3)ncnc21. The van der Waals surface area contributed by atoms with Crippen molar-refractivity contribution in [3.05, 3.63) is 47.9 Å². The molecule has 146 valence electrons. The Bertz CT molecular complexity index is 976. The number of anilines is 1. The standard InChI is InChI=1S/C21H25N5O2/c1-14(2)16-6-4-15(5-7-16)11-25(17-8-9-17)20-18-10-24-26(12-19(27)28-3)21(18)23-13-22-20/h4-7,10,13-14,17H,8-9,11-12H2,1-3H3. The van der Waals surface area contributed by atoms with Gasteiger partial charge in [-0.1, -0.05) is 38.1 Å². The van der Waals surface area contributed by atoms with Gasteiger partial charge in [0, 0.05) is 12.6 Å². The molecule has 1 aromatic carbocycles. The first-order valence-corrected chi connectivity index (χ1v) is 9.65. The maximum absolute atomic E-state index is 11.6. The number of carbonyl (C=O) groups is 1. The molecule has 1 fully saturated rings. The van der Waals surface area contributed by atoms with Crippen LogP contribution >= 0.6 is 0 Å². The molecule has 0 radical (unpaired) electrons. The molecule has 0 N–H and O–H groups in total. The van der Waals surface area contributed by atoms with Crippen molar-refractivity contribution in [2.45, 2.75) is 51.7 Å². The Hall–Kier alpha value is -2.96. The van der Waals surface area contributed by atoms with Gasteiger partial charge < -0.3 is 9.64 Å². The lowest BCUT2D eigenvalue weighted by molar-refractivity contribution is -0.141. The second kappa shape index (κ2) is 7.58. The number of rotatable bonds is 7. The number of hydrogen-bond acceptors (Lipinski definition) is 6. The molecule has 0 aliphatic heterocycles. The predicted molar refractivity (Wildman–Crippen MR) is 107 cm³/mol. The smallest absolute Gasteiger partial charge is 0.327 e. The van der Waals surface area contributed by atoms with E-state index in [2.05, 4.69) is 58.1 Å². The number of benzene rings is 1. The first kappa shape index (κ1) is 18.4. The Morgan fingerprint density at radius 3 is 2.64 bits per heavy atom. The van der Waals surface area contributed by atoms with E-state index >= 15 is 0 Å². The van der Waals surface area contributed by atoms with Gasteiger partial charge in [0.1, 0.15) is 18.7 Å². The number of nitrogens with zero attached hydrogens (tertiary/aromatic N) is 5. The summed E-state index contributed by atoms with van der Waals surface area (Å²) in [4.78, 5) is 22.9. The van der Waals surface area contributed by atoms with Crippen LogP contribution in [0.15, 0.2) is 36.8 Å². The number of esters is 1. The quantitative estimate of drug-likeness (QED) is 0.587. The zero-order chi connectivity index (χ0) is 19.7. The molecule has 2 heterocycles. The normalized spacial score (nSPS) is 13.9. The number of aromatic nitrogens is 4. The summed E-state index contributed by atoms with van der Waals surface area (Å²) < 4.78 is 6.31. The lowest BCUT2D eigenvalue weighted by atomic mass is 10.0. The molecular weight excluding hydrogens is 354 g/mol. The Morgan fingerprint density at radius 2 is 2.00 bits per heavy atom. The van der Waals surface area contributed by atoms with Crippen LogP contribution in [0.2, 0.25) is 0 Å². The molecule has 1 aliphatic rings. The molecule has 7 heteroatoms. The minimum absolute atomic E-state index is 0.0382. The molecule has 28 heavy (non-hydrogen) atoms. The first-order chi connectivity index (χ1) is 13.6. The van der Waals surface area contributed by atoms with Crippen LogP contribution in [-0.2, 0) is 22.6 Å². The van der Waals surface area contributed by atoms with E-state index in [4.69, 9.17) is 4.74 Å². The molecule has 0 spiro atoms. The van der Waals surface area contributed by atoms with Crippen molar-refractivity contribution in [3.8, 4) is 0 Å². The van der Waals surface area contributed by atoms with Gasteiger partial charge in [-0.05, 0) is 29.9 Å². The van der Waals surface area contributed by atoms with Crippen LogP contribution in [0, 0.1) is 0 Å². The highest BCUT2D eigenvalue weighted by Crippen LogP contribution is 2.35. The van der Waals surface area contributed by atoms with Gasteiger partial charge in [0.25, 0.3) is 0 Å². The summed E-state index contributed by atoms with van der Waals surface area (Å²) in [6, 6.07) is 9.28. The highest BCUT2D eigenvalue weighted by molar-refractivity contribution is 5.87. The average Bonchev–Trinajstić information content (AvgIpc) is 3.47. The third-order valence-electron chi connectivity index (χ3n) is 5.18. The topological polar surface area (TPSA) is 73.1 Å². The van der Waals surface area contributed by atoms with Crippen molar-refractivity contribution in [1.29, 1.82) is 0 Å². The molecule has 0 bridgehead atoms. The van der Waals surface area contributed by atoms with Crippen LogP contribution in [0.1, 0.15) is 43.7 Å². The van der Waals surface area contributed by atoms with E-state index in [-0.39, 0.29) is 12.5 Å². The monoisotopic (exact) mass is 379 g/mol. The Labute approximate surface area is 164 Å². The zero-order valence-electron chi connectivity index (χ0n) is 16.5. The third kappa shape index (κ3) is 3.69. The van der Waals surface area contributed by atoms with Crippen molar-refractivity contribution >= 4 is 22.8 Å². The van der Waals surface area contributed by atoms with Crippen LogP contribution in [-0.4, -0.2) is 38.9 Å².